The fourth-order valence-corrected chi connectivity index (χ4v) is 1.39. The molecule has 1 heterocycles. The van der Waals surface area contributed by atoms with Gasteiger partial charge in [-0.15, -0.1) is 0 Å². The van der Waals surface area contributed by atoms with Crippen LogP contribution in [0.4, 0.5) is 0 Å². The third kappa shape index (κ3) is 2.85. The van der Waals surface area contributed by atoms with Crippen molar-refractivity contribution in [2.45, 2.75) is 43.9 Å². The van der Waals surface area contributed by atoms with Crippen molar-refractivity contribution in [3.63, 3.8) is 0 Å². The minimum atomic E-state index is -1.43. The molecular formula is C8H17NO6. The Morgan fingerprint density at radius 3 is 2.33 bits per heavy atom. The molecule has 0 aromatic heterocycles. The first-order chi connectivity index (χ1) is 6.97. The number of nitrogens with two attached hydrogens (primary N) is 1. The largest absolute Gasteiger partial charge is 0.394 e. The third-order valence-corrected chi connectivity index (χ3v) is 2.20. The second kappa shape index (κ2) is 5.17. The van der Waals surface area contributed by atoms with E-state index in [9.17, 15) is 15.3 Å². The molecule has 0 spiro atoms. The van der Waals surface area contributed by atoms with E-state index in [0.717, 1.165) is 0 Å². The Bertz CT molecular complexity index is 200. The molecule has 6 N–H and O–H groups in total. The average molecular weight is 223 g/mol. The summed E-state index contributed by atoms with van der Waals surface area (Å²) in [6.07, 6.45) is -7.01. The van der Waals surface area contributed by atoms with Crippen molar-refractivity contribution in [3.05, 3.63) is 0 Å². The first kappa shape index (κ1) is 12.8. The number of aliphatic hydroxyl groups excluding tert-OH is 4. The molecule has 1 fully saturated rings. The second-order valence-corrected chi connectivity index (χ2v) is 3.54. The van der Waals surface area contributed by atoms with Crippen LogP contribution in [-0.4, -0.2) is 64.0 Å². The number of ether oxygens (including phenoxy) is 2. The molecule has 7 nitrogen and oxygen atoms in total. The Hall–Kier alpha value is -0.280. The Balaban J connectivity index is 2.65. The fourth-order valence-electron chi connectivity index (χ4n) is 1.39. The van der Waals surface area contributed by atoms with Gasteiger partial charge in [-0.05, 0) is 6.92 Å². The summed E-state index contributed by atoms with van der Waals surface area (Å²) in [5.41, 5.74) is 5.33. The molecule has 1 rings (SSSR count). The Kier molecular flexibility index (Phi) is 4.41. The summed E-state index contributed by atoms with van der Waals surface area (Å²) in [5, 5.41) is 37.1. The zero-order chi connectivity index (χ0) is 11.6. The summed E-state index contributed by atoms with van der Waals surface area (Å²) in [4.78, 5) is 0. The maximum atomic E-state index is 9.47. The van der Waals surface area contributed by atoms with E-state index < -0.39 is 43.5 Å². The molecular weight excluding hydrogens is 206 g/mol. The molecule has 1 aliphatic rings. The highest BCUT2D eigenvalue weighted by molar-refractivity contribution is 4.88. The first-order valence-corrected chi connectivity index (χ1v) is 4.69. The lowest BCUT2D eigenvalue weighted by Crippen LogP contribution is -2.59. The standard InChI is InChI=1S/C8H17NO6/c1-3(9)14-8-7(13)6(12)5(11)4(2-10)15-8/h3-8,10-13H,2,9H2,1H3/t3?,4-,5+,6+,7-,8-/m1/s1. The highest BCUT2D eigenvalue weighted by Gasteiger charge is 2.44. The number of hydrogen-bond acceptors (Lipinski definition) is 7. The van der Waals surface area contributed by atoms with Crippen molar-refractivity contribution in [1.82, 2.24) is 0 Å². The molecule has 15 heavy (non-hydrogen) atoms. The SMILES string of the molecule is CC(N)O[C@@H]1O[C@H](CO)[C@H](O)[C@H](O)[C@H]1O. The molecule has 0 amide bonds. The van der Waals surface area contributed by atoms with Gasteiger partial charge in [0, 0.05) is 0 Å². The van der Waals surface area contributed by atoms with Gasteiger partial charge in [0.2, 0.25) is 0 Å². The van der Waals surface area contributed by atoms with Crippen molar-refractivity contribution >= 4 is 0 Å². The molecule has 0 aliphatic carbocycles. The number of rotatable bonds is 3. The molecule has 0 bridgehead atoms. The summed E-state index contributed by atoms with van der Waals surface area (Å²) in [5.74, 6) is 0. The molecule has 1 unspecified atom stereocenters. The molecule has 0 radical (unpaired) electrons. The predicted molar refractivity (Wildman–Crippen MR) is 48.5 cm³/mol. The monoisotopic (exact) mass is 223 g/mol. The van der Waals surface area contributed by atoms with E-state index in [1.807, 2.05) is 0 Å². The normalized spacial score (nSPS) is 44.0. The third-order valence-electron chi connectivity index (χ3n) is 2.20. The Labute approximate surface area is 87.0 Å². The van der Waals surface area contributed by atoms with E-state index in [0.29, 0.717) is 0 Å². The first-order valence-electron chi connectivity index (χ1n) is 4.69. The summed E-state index contributed by atoms with van der Waals surface area (Å²) in [6, 6.07) is 0. The van der Waals surface area contributed by atoms with Gasteiger partial charge in [0.25, 0.3) is 0 Å². The molecule has 0 aromatic rings. The van der Waals surface area contributed by atoms with Crippen LogP contribution in [0.1, 0.15) is 6.92 Å². The van der Waals surface area contributed by atoms with Crippen LogP contribution in [0.25, 0.3) is 0 Å². The highest BCUT2D eigenvalue weighted by atomic mass is 16.7. The summed E-state index contributed by atoms with van der Waals surface area (Å²) >= 11 is 0. The quantitative estimate of drug-likeness (QED) is 0.325. The van der Waals surface area contributed by atoms with Crippen molar-refractivity contribution in [2.75, 3.05) is 6.61 Å². The molecule has 1 aliphatic heterocycles. The van der Waals surface area contributed by atoms with Crippen LogP contribution in [0.5, 0.6) is 0 Å². The number of aliphatic hydroxyl groups is 4. The van der Waals surface area contributed by atoms with Gasteiger partial charge in [-0.3, -0.25) is 0 Å². The van der Waals surface area contributed by atoms with Crippen LogP contribution in [-0.2, 0) is 9.47 Å². The summed E-state index contributed by atoms with van der Waals surface area (Å²) < 4.78 is 10.0. The fraction of sp³-hybridized carbons (Fsp3) is 1.00. The van der Waals surface area contributed by atoms with Gasteiger partial charge in [0.05, 0.1) is 6.61 Å². The molecule has 6 atom stereocenters. The van der Waals surface area contributed by atoms with Crippen molar-refractivity contribution in [2.24, 2.45) is 5.73 Å². The zero-order valence-corrected chi connectivity index (χ0v) is 8.35. The maximum absolute atomic E-state index is 9.47. The smallest absolute Gasteiger partial charge is 0.188 e. The van der Waals surface area contributed by atoms with Crippen LogP contribution < -0.4 is 5.73 Å². The van der Waals surface area contributed by atoms with Gasteiger partial charge in [0.15, 0.2) is 6.29 Å². The average Bonchev–Trinajstić information content (AvgIpc) is 2.18. The lowest BCUT2D eigenvalue weighted by molar-refractivity contribution is -0.309. The van der Waals surface area contributed by atoms with Crippen LogP contribution in [0.2, 0.25) is 0 Å². The molecule has 7 heteroatoms. The summed E-state index contributed by atoms with van der Waals surface area (Å²) in [7, 11) is 0. The van der Waals surface area contributed by atoms with Gasteiger partial charge in [-0.2, -0.15) is 0 Å². The van der Waals surface area contributed by atoms with Crippen LogP contribution in [0, 0.1) is 0 Å². The van der Waals surface area contributed by atoms with Gasteiger partial charge < -0.3 is 35.6 Å². The minimum absolute atomic E-state index is 0.482. The van der Waals surface area contributed by atoms with Gasteiger partial charge in [0.1, 0.15) is 30.6 Å². The maximum Gasteiger partial charge on any atom is 0.188 e. The van der Waals surface area contributed by atoms with Crippen molar-refractivity contribution in [1.29, 1.82) is 0 Å². The van der Waals surface area contributed by atoms with Gasteiger partial charge >= 0.3 is 0 Å². The second-order valence-electron chi connectivity index (χ2n) is 3.54. The van der Waals surface area contributed by atoms with E-state index in [1.165, 1.54) is 6.92 Å². The predicted octanol–water partition coefficient (Wildman–Crippen LogP) is -2.89. The minimum Gasteiger partial charge on any atom is -0.394 e. The van der Waals surface area contributed by atoms with E-state index in [2.05, 4.69) is 0 Å². The van der Waals surface area contributed by atoms with Gasteiger partial charge in [-0.25, -0.2) is 0 Å². The Morgan fingerprint density at radius 1 is 1.27 bits per heavy atom. The van der Waals surface area contributed by atoms with Gasteiger partial charge in [-0.1, -0.05) is 0 Å². The van der Waals surface area contributed by atoms with Crippen LogP contribution in [0.15, 0.2) is 0 Å². The van der Waals surface area contributed by atoms with E-state index in [1.54, 1.807) is 0 Å². The number of hydrogen-bond donors (Lipinski definition) is 5. The van der Waals surface area contributed by atoms with E-state index in [4.69, 9.17) is 20.3 Å². The van der Waals surface area contributed by atoms with Crippen LogP contribution in [0.3, 0.4) is 0 Å². The van der Waals surface area contributed by atoms with Crippen molar-refractivity contribution < 1.29 is 29.9 Å². The zero-order valence-electron chi connectivity index (χ0n) is 8.35. The van der Waals surface area contributed by atoms with E-state index >= 15 is 0 Å². The highest BCUT2D eigenvalue weighted by Crippen LogP contribution is 2.22. The Morgan fingerprint density at radius 2 is 1.87 bits per heavy atom. The summed E-state index contributed by atoms with van der Waals surface area (Å²) in [6.45, 7) is 1.05. The van der Waals surface area contributed by atoms with E-state index in [-0.39, 0.29) is 0 Å². The molecule has 0 aromatic carbocycles. The molecule has 1 saturated heterocycles. The molecule has 0 saturated carbocycles. The lowest BCUT2D eigenvalue weighted by Gasteiger charge is -2.40. The van der Waals surface area contributed by atoms with Crippen LogP contribution >= 0.6 is 0 Å². The molecule has 90 valence electrons. The lowest BCUT2D eigenvalue weighted by atomic mass is 9.99. The van der Waals surface area contributed by atoms with Crippen molar-refractivity contribution in [3.8, 4) is 0 Å². The topological polar surface area (TPSA) is 125 Å².